The molecule has 0 bridgehead atoms. The molecule has 0 aromatic heterocycles. The molecule has 3 heteroatoms. The summed E-state index contributed by atoms with van der Waals surface area (Å²) in [5.74, 6) is 0.898. The highest BCUT2D eigenvalue weighted by atomic mass is 79.9. The molecule has 0 radical (unpaired) electrons. The third-order valence-corrected chi connectivity index (χ3v) is 5.38. The molecular weight excluding hydrogens is 312 g/mol. The summed E-state index contributed by atoms with van der Waals surface area (Å²) in [6.07, 6.45) is 8.37. The first-order valence-corrected chi connectivity index (χ1v) is 8.74. The van der Waals surface area contributed by atoms with Crippen molar-refractivity contribution in [2.24, 2.45) is 5.92 Å². The van der Waals surface area contributed by atoms with Crippen LogP contribution in [0.5, 0.6) is 0 Å². The zero-order valence-corrected chi connectivity index (χ0v) is 14.0. The first kappa shape index (κ1) is 14.4. The van der Waals surface area contributed by atoms with Crippen molar-refractivity contribution < 1.29 is 0 Å². The fourth-order valence-electron chi connectivity index (χ4n) is 3.14. The first-order valence-electron chi connectivity index (χ1n) is 7.95. The Morgan fingerprint density at radius 2 is 1.95 bits per heavy atom. The number of halogens is 1. The van der Waals surface area contributed by atoms with Gasteiger partial charge in [-0.3, -0.25) is 0 Å². The third-order valence-electron chi connectivity index (χ3n) is 4.64. The smallest absolute Gasteiger partial charge is 0.0375 e. The molecule has 1 aromatic carbocycles. The Bertz CT molecular complexity index is 450. The van der Waals surface area contributed by atoms with Gasteiger partial charge in [0.2, 0.25) is 0 Å². The molecule has 0 atom stereocenters. The van der Waals surface area contributed by atoms with Crippen molar-refractivity contribution in [3.63, 3.8) is 0 Å². The fraction of sp³-hybridized carbons (Fsp3) is 0.647. The first-order chi connectivity index (χ1) is 9.72. The molecule has 0 unspecified atom stereocenters. The Hall–Kier alpha value is -0.540. The zero-order chi connectivity index (χ0) is 13.9. The monoisotopic (exact) mass is 336 g/mol. The second-order valence-electron chi connectivity index (χ2n) is 6.46. The summed E-state index contributed by atoms with van der Waals surface area (Å²) in [4.78, 5) is 2.42. The molecule has 0 aliphatic heterocycles. The van der Waals surface area contributed by atoms with Crippen LogP contribution in [-0.2, 0) is 6.54 Å². The van der Waals surface area contributed by atoms with Crippen molar-refractivity contribution in [2.75, 3.05) is 18.5 Å². The maximum atomic E-state index is 3.73. The van der Waals surface area contributed by atoms with Gasteiger partial charge in [-0.2, -0.15) is 0 Å². The molecule has 0 spiro atoms. The van der Waals surface area contributed by atoms with Gasteiger partial charge in [0.15, 0.2) is 0 Å². The van der Waals surface area contributed by atoms with Crippen molar-refractivity contribution in [3.05, 3.63) is 28.2 Å². The predicted molar refractivity (Wildman–Crippen MR) is 89.2 cm³/mol. The van der Waals surface area contributed by atoms with Crippen LogP contribution in [-0.4, -0.2) is 19.6 Å². The van der Waals surface area contributed by atoms with Crippen LogP contribution in [0, 0.1) is 5.92 Å². The maximum Gasteiger partial charge on any atom is 0.0375 e. The highest BCUT2D eigenvalue weighted by Crippen LogP contribution is 2.29. The number of hydrogen-bond acceptors (Lipinski definition) is 2. The van der Waals surface area contributed by atoms with E-state index in [2.05, 4.69) is 51.4 Å². The molecule has 1 N–H and O–H groups in total. The highest BCUT2D eigenvalue weighted by Gasteiger charge is 2.20. The fourth-order valence-corrected chi connectivity index (χ4v) is 3.65. The molecule has 2 aliphatic carbocycles. The standard InChI is InChI=1S/C17H25BrN2/c1-20(12-13-4-2-3-5-13)16-9-6-14(17(18)10-16)11-19-15-7-8-15/h6,9-10,13,15,19H,2-5,7-8,11-12H2,1H3. The van der Waals surface area contributed by atoms with Crippen LogP contribution >= 0.6 is 15.9 Å². The normalized spacial score (nSPS) is 19.5. The van der Waals surface area contributed by atoms with Crippen LogP contribution in [0.25, 0.3) is 0 Å². The Morgan fingerprint density at radius 3 is 2.60 bits per heavy atom. The van der Waals surface area contributed by atoms with Crippen molar-refractivity contribution in [3.8, 4) is 0 Å². The van der Waals surface area contributed by atoms with E-state index < -0.39 is 0 Å². The average Bonchev–Trinajstić information content (AvgIpc) is 3.13. The van der Waals surface area contributed by atoms with Crippen molar-refractivity contribution in [2.45, 2.75) is 51.1 Å². The van der Waals surface area contributed by atoms with Gasteiger partial charge < -0.3 is 10.2 Å². The van der Waals surface area contributed by atoms with Crippen molar-refractivity contribution >= 4 is 21.6 Å². The summed E-state index contributed by atoms with van der Waals surface area (Å²) in [5.41, 5.74) is 2.70. The number of hydrogen-bond donors (Lipinski definition) is 1. The molecule has 2 nitrogen and oxygen atoms in total. The lowest BCUT2D eigenvalue weighted by atomic mass is 10.1. The maximum absolute atomic E-state index is 3.73. The number of benzene rings is 1. The van der Waals surface area contributed by atoms with Gasteiger partial charge >= 0.3 is 0 Å². The van der Waals surface area contributed by atoms with Gasteiger partial charge in [-0.1, -0.05) is 34.8 Å². The molecule has 0 saturated heterocycles. The van der Waals surface area contributed by atoms with Crippen LogP contribution in [0.3, 0.4) is 0 Å². The van der Waals surface area contributed by atoms with Crippen LogP contribution in [0.2, 0.25) is 0 Å². The highest BCUT2D eigenvalue weighted by molar-refractivity contribution is 9.10. The van der Waals surface area contributed by atoms with E-state index in [0.717, 1.165) is 18.5 Å². The molecule has 1 aromatic rings. The summed E-state index contributed by atoms with van der Waals surface area (Å²) in [6, 6.07) is 7.58. The van der Waals surface area contributed by atoms with E-state index in [1.54, 1.807) is 0 Å². The molecule has 110 valence electrons. The van der Waals surface area contributed by atoms with Gasteiger partial charge in [0.25, 0.3) is 0 Å². The minimum atomic E-state index is 0.770. The number of rotatable bonds is 6. The van der Waals surface area contributed by atoms with Gasteiger partial charge in [-0.25, -0.2) is 0 Å². The average molecular weight is 337 g/mol. The summed E-state index contributed by atoms with van der Waals surface area (Å²) in [6.45, 7) is 2.18. The zero-order valence-electron chi connectivity index (χ0n) is 12.4. The lowest BCUT2D eigenvalue weighted by molar-refractivity contribution is 0.547. The lowest BCUT2D eigenvalue weighted by Crippen LogP contribution is -2.24. The minimum absolute atomic E-state index is 0.770. The largest absolute Gasteiger partial charge is 0.374 e. The summed E-state index contributed by atoms with van der Waals surface area (Å²) in [5, 5.41) is 3.58. The Labute approximate surface area is 131 Å². The lowest BCUT2D eigenvalue weighted by Gasteiger charge is -2.24. The minimum Gasteiger partial charge on any atom is -0.374 e. The van der Waals surface area contributed by atoms with Crippen LogP contribution in [0.15, 0.2) is 22.7 Å². The number of nitrogens with zero attached hydrogens (tertiary/aromatic N) is 1. The topological polar surface area (TPSA) is 15.3 Å². The third kappa shape index (κ3) is 3.76. The van der Waals surface area contributed by atoms with Crippen molar-refractivity contribution in [1.29, 1.82) is 0 Å². The van der Waals surface area contributed by atoms with Crippen molar-refractivity contribution in [1.82, 2.24) is 5.32 Å². The molecule has 2 fully saturated rings. The van der Waals surface area contributed by atoms with Gasteiger partial charge in [-0.05, 0) is 49.3 Å². The van der Waals surface area contributed by atoms with E-state index in [4.69, 9.17) is 0 Å². The molecule has 0 heterocycles. The second-order valence-corrected chi connectivity index (χ2v) is 7.32. The van der Waals surface area contributed by atoms with Gasteiger partial charge in [0.1, 0.15) is 0 Å². The SMILES string of the molecule is CN(CC1CCCC1)c1ccc(CNC2CC2)c(Br)c1. The summed E-state index contributed by atoms with van der Waals surface area (Å²) in [7, 11) is 2.22. The van der Waals surface area contributed by atoms with Gasteiger partial charge in [-0.15, -0.1) is 0 Å². The molecule has 2 aliphatic rings. The molecule has 0 amide bonds. The Balaban J connectivity index is 1.59. The summed E-state index contributed by atoms with van der Waals surface area (Å²) >= 11 is 3.73. The summed E-state index contributed by atoms with van der Waals surface area (Å²) < 4.78 is 1.24. The van der Waals surface area contributed by atoms with Gasteiger partial charge in [0.05, 0.1) is 0 Å². The van der Waals surface area contributed by atoms with E-state index >= 15 is 0 Å². The van der Waals surface area contributed by atoms with Gasteiger partial charge in [0, 0.05) is 36.3 Å². The second kappa shape index (κ2) is 6.48. The number of nitrogens with one attached hydrogen (secondary N) is 1. The van der Waals surface area contributed by atoms with E-state index in [9.17, 15) is 0 Å². The quantitative estimate of drug-likeness (QED) is 0.831. The van der Waals surface area contributed by atoms with Crippen LogP contribution in [0.4, 0.5) is 5.69 Å². The Morgan fingerprint density at radius 1 is 1.20 bits per heavy atom. The molecular formula is C17H25BrN2. The van der Waals surface area contributed by atoms with E-state index in [0.29, 0.717) is 0 Å². The van der Waals surface area contributed by atoms with E-state index in [-0.39, 0.29) is 0 Å². The predicted octanol–water partition coefficient (Wildman–Crippen LogP) is 4.33. The van der Waals surface area contributed by atoms with E-state index in [1.807, 2.05) is 0 Å². The molecule has 3 rings (SSSR count). The number of anilines is 1. The van der Waals surface area contributed by atoms with E-state index in [1.165, 1.54) is 60.8 Å². The van der Waals surface area contributed by atoms with Crippen LogP contribution < -0.4 is 10.2 Å². The molecule has 2 saturated carbocycles. The Kier molecular flexibility index (Phi) is 4.67. The van der Waals surface area contributed by atoms with Crippen LogP contribution in [0.1, 0.15) is 44.1 Å². The molecule has 20 heavy (non-hydrogen) atoms.